The first-order valence-corrected chi connectivity index (χ1v) is 8.45. The number of ether oxygens (including phenoxy) is 2. The summed E-state index contributed by atoms with van der Waals surface area (Å²) in [6, 6.07) is 7.13. The van der Waals surface area contributed by atoms with Crippen LogP contribution in [-0.2, 0) is 9.53 Å². The first kappa shape index (κ1) is 18.3. The van der Waals surface area contributed by atoms with Gasteiger partial charge in [0.05, 0.1) is 20.3 Å². The summed E-state index contributed by atoms with van der Waals surface area (Å²) in [7, 11) is 1.60. The zero-order valence-corrected chi connectivity index (χ0v) is 14.5. The third kappa shape index (κ3) is 5.23. The van der Waals surface area contributed by atoms with Crippen LogP contribution in [-0.4, -0.2) is 68.1 Å². The highest BCUT2D eigenvalue weighted by molar-refractivity contribution is 5.94. The molecule has 0 spiro atoms. The summed E-state index contributed by atoms with van der Waals surface area (Å²) in [5.41, 5.74) is 0.656. The second-order valence-electron chi connectivity index (χ2n) is 5.87. The van der Waals surface area contributed by atoms with Crippen LogP contribution in [0.2, 0.25) is 0 Å². The van der Waals surface area contributed by atoms with E-state index in [0.717, 1.165) is 18.6 Å². The summed E-state index contributed by atoms with van der Waals surface area (Å²) >= 11 is 0. The highest BCUT2D eigenvalue weighted by Gasteiger charge is 2.23. The van der Waals surface area contributed by atoms with Gasteiger partial charge < -0.3 is 14.4 Å². The predicted octanol–water partition coefficient (Wildman–Crippen LogP) is 1.80. The van der Waals surface area contributed by atoms with Gasteiger partial charge >= 0.3 is 5.97 Å². The Morgan fingerprint density at radius 3 is 2.33 bits per heavy atom. The Balaban J connectivity index is 1.77. The second kappa shape index (κ2) is 9.27. The Hall–Kier alpha value is -2.08. The van der Waals surface area contributed by atoms with E-state index < -0.39 is 0 Å². The summed E-state index contributed by atoms with van der Waals surface area (Å²) in [4.78, 5) is 28.1. The molecule has 132 valence electrons. The number of esters is 1. The first-order valence-electron chi connectivity index (χ1n) is 8.45. The van der Waals surface area contributed by atoms with E-state index in [0.29, 0.717) is 44.9 Å². The van der Waals surface area contributed by atoms with Gasteiger partial charge in [0.15, 0.2) is 0 Å². The summed E-state index contributed by atoms with van der Waals surface area (Å²) in [6.07, 6.45) is 1.91. The fourth-order valence-electron chi connectivity index (χ4n) is 2.58. The van der Waals surface area contributed by atoms with Crippen molar-refractivity contribution in [3.05, 3.63) is 29.8 Å². The van der Waals surface area contributed by atoms with E-state index in [1.807, 2.05) is 9.80 Å². The van der Waals surface area contributed by atoms with Gasteiger partial charge in [0.1, 0.15) is 5.75 Å². The summed E-state index contributed by atoms with van der Waals surface area (Å²) in [5.74, 6) is 0.569. The van der Waals surface area contributed by atoms with Crippen LogP contribution in [0, 0.1) is 0 Å². The molecule has 1 aromatic rings. The number of hydrogen-bond donors (Lipinski definition) is 0. The molecular weight excluding hydrogens is 308 g/mol. The van der Waals surface area contributed by atoms with E-state index in [2.05, 4.69) is 6.92 Å². The van der Waals surface area contributed by atoms with Gasteiger partial charge in [-0.3, -0.25) is 14.5 Å². The summed E-state index contributed by atoms with van der Waals surface area (Å²) in [6.45, 7) is 5.46. The lowest BCUT2D eigenvalue weighted by Crippen LogP contribution is -2.50. The van der Waals surface area contributed by atoms with Gasteiger partial charge in [-0.1, -0.05) is 13.3 Å². The number of methoxy groups -OCH3 is 1. The van der Waals surface area contributed by atoms with Crippen molar-refractivity contribution in [3.63, 3.8) is 0 Å². The number of rotatable bonds is 7. The van der Waals surface area contributed by atoms with Crippen molar-refractivity contribution in [2.24, 2.45) is 0 Å². The van der Waals surface area contributed by atoms with Crippen molar-refractivity contribution in [1.29, 1.82) is 0 Å². The van der Waals surface area contributed by atoms with Gasteiger partial charge in [-0.15, -0.1) is 0 Å². The van der Waals surface area contributed by atoms with Crippen LogP contribution in [0.1, 0.15) is 30.1 Å². The van der Waals surface area contributed by atoms with Crippen molar-refractivity contribution in [2.45, 2.75) is 19.8 Å². The molecule has 1 aliphatic heterocycles. The molecule has 1 aromatic carbocycles. The van der Waals surface area contributed by atoms with Crippen molar-refractivity contribution in [3.8, 4) is 5.75 Å². The molecule has 6 heteroatoms. The van der Waals surface area contributed by atoms with Crippen molar-refractivity contribution >= 4 is 11.9 Å². The molecular formula is C18H26N2O4. The van der Waals surface area contributed by atoms with Crippen molar-refractivity contribution in [2.75, 3.05) is 46.4 Å². The quantitative estimate of drug-likeness (QED) is 0.562. The SMILES string of the molecule is CCCCOC(=O)CN1CCN(C(=O)c2ccc(OC)cc2)CC1. The van der Waals surface area contributed by atoms with Gasteiger partial charge in [0.2, 0.25) is 0 Å². The minimum Gasteiger partial charge on any atom is -0.497 e. The Morgan fingerprint density at radius 2 is 1.75 bits per heavy atom. The maximum atomic E-state index is 12.5. The van der Waals surface area contributed by atoms with Gasteiger partial charge in [0.25, 0.3) is 5.91 Å². The number of benzene rings is 1. The van der Waals surface area contributed by atoms with E-state index >= 15 is 0 Å². The van der Waals surface area contributed by atoms with Gasteiger partial charge in [-0.25, -0.2) is 0 Å². The Bertz CT molecular complexity index is 536. The number of amides is 1. The van der Waals surface area contributed by atoms with Gasteiger partial charge in [-0.2, -0.15) is 0 Å². The predicted molar refractivity (Wildman–Crippen MR) is 91.2 cm³/mol. The number of nitrogens with zero attached hydrogens (tertiary/aromatic N) is 2. The van der Waals surface area contributed by atoms with Crippen molar-refractivity contribution < 1.29 is 19.1 Å². The van der Waals surface area contributed by atoms with Crippen LogP contribution in [0.3, 0.4) is 0 Å². The lowest BCUT2D eigenvalue weighted by atomic mass is 10.1. The maximum absolute atomic E-state index is 12.5. The lowest BCUT2D eigenvalue weighted by Gasteiger charge is -2.34. The van der Waals surface area contributed by atoms with Crippen LogP contribution in [0.15, 0.2) is 24.3 Å². The number of unbranched alkanes of at least 4 members (excludes halogenated alkanes) is 1. The van der Waals surface area contributed by atoms with Crippen LogP contribution >= 0.6 is 0 Å². The largest absolute Gasteiger partial charge is 0.497 e. The molecule has 2 rings (SSSR count). The molecule has 1 amide bonds. The number of carbonyl (C=O) groups excluding carboxylic acids is 2. The van der Waals surface area contributed by atoms with Crippen molar-refractivity contribution in [1.82, 2.24) is 9.80 Å². The van der Waals surface area contributed by atoms with Gasteiger partial charge in [0, 0.05) is 31.7 Å². The fourth-order valence-corrected chi connectivity index (χ4v) is 2.58. The van der Waals surface area contributed by atoms with Crippen LogP contribution in [0.5, 0.6) is 5.75 Å². The maximum Gasteiger partial charge on any atom is 0.320 e. The van der Waals surface area contributed by atoms with E-state index in [-0.39, 0.29) is 11.9 Å². The average molecular weight is 334 g/mol. The van der Waals surface area contributed by atoms with Crippen LogP contribution in [0.25, 0.3) is 0 Å². The molecule has 0 radical (unpaired) electrons. The number of carbonyl (C=O) groups is 2. The van der Waals surface area contributed by atoms with E-state index in [1.54, 1.807) is 31.4 Å². The monoisotopic (exact) mass is 334 g/mol. The molecule has 1 saturated heterocycles. The molecule has 1 fully saturated rings. The van der Waals surface area contributed by atoms with E-state index in [9.17, 15) is 9.59 Å². The molecule has 0 atom stereocenters. The molecule has 0 bridgehead atoms. The molecule has 1 aliphatic rings. The molecule has 0 N–H and O–H groups in total. The van der Waals surface area contributed by atoms with Crippen LogP contribution < -0.4 is 4.74 Å². The van der Waals surface area contributed by atoms with E-state index in [4.69, 9.17) is 9.47 Å². The molecule has 0 saturated carbocycles. The van der Waals surface area contributed by atoms with E-state index in [1.165, 1.54) is 0 Å². The zero-order chi connectivity index (χ0) is 17.4. The molecule has 6 nitrogen and oxygen atoms in total. The Labute approximate surface area is 143 Å². The molecule has 1 heterocycles. The smallest absolute Gasteiger partial charge is 0.320 e. The number of hydrogen-bond acceptors (Lipinski definition) is 5. The zero-order valence-electron chi connectivity index (χ0n) is 14.5. The lowest BCUT2D eigenvalue weighted by molar-refractivity contribution is -0.145. The third-order valence-corrected chi connectivity index (χ3v) is 4.11. The molecule has 0 unspecified atom stereocenters. The number of piperazine rings is 1. The Morgan fingerprint density at radius 1 is 1.08 bits per heavy atom. The molecule has 0 aromatic heterocycles. The molecule has 24 heavy (non-hydrogen) atoms. The summed E-state index contributed by atoms with van der Waals surface area (Å²) < 4.78 is 10.3. The highest BCUT2D eigenvalue weighted by Crippen LogP contribution is 2.14. The minimum absolute atomic E-state index is 0.0165. The average Bonchev–Trinajstić information content (AvgIpc) is 2.62. The third-order valence-electron chi connectivity index (χ3n) is 4.11. The fraction of sp³-hybridized carbons (Fsp3) is 0.556. The second-order valence-corrected chi connectivity index (χ2v) is 5.87. The minimum atomic E-state index is -0.182. The van der Waals surface area contributed by atoms with Gasteiger partial charge in [-0.05, 0) is 30.7 Å². The standard InChI is InChI=1S/C18H26N2O4/c1-3-4-13-24-17(21)14-19-9-11-20(12-10-19)18(22)15-5-7-16(23-2)8-6-15/h5-8H,3-4,9-14H2,1-2H3. The first-order chi connectivity index (χ1) is 11.6. The molecule has 0 aliphatic carbocycles. The topological polar surface area (TPSA) is 59.1 Å². The van der Waals surface area contributed by atoms with Crippen LogP contribution in [0.4, 0.5) is 0 Å². The normalized spacial score (nSPS) is 15.2. The summed E-state index contributed by atoms with van der Waals surface area (Å²) in [5, 5.41) is 0. The highest BCUT2D eigenvalue weighted by atomic mass is 16.5. The Kier molecular flexibility index (Phi) is 7.06.